The number of ether oxygens (including phenoxy) is 1. The SMILES string of the molecule is O=C(N/N=C\c1ccc(OCc2ccc(Cl)cc2)c(Cl)c1)c1cccc2ccccc12. The third kappa shape index (κ3) is 5.23. The van der Waals surface area contributed by atoms with Gasteiger partial charge in [0.25, 0.3) is 5.91 Å². The van der Waals surface area contributed by atoms with E-state index in [0.717, 1.165) is 21.9 Å². The molecule has 4 nitrogen and oxygen atoms in total. The third-order valence-corrected chi connectivity index (χ3v) is 5.22. The van der Waals surface area contributed by atoms with Crippen molar-refractivity contribution < 1.29 is 9.53 Å². The maximum Gasteiger partial charge on any atom is 0.271 e. The summed E-state index contributed by atoms with van der Waals surface area (Å²) in [5.41, 5.74) is 4.87. The summed E-state index contributed by atoms with van der Waals surface area (Å²) in [5.74, 6) is 0.288. The summed E-state index contributed by atoms with van der Waals surface area (Å²) in [5, 5.41) is 7.07. The molecule has 0 aliphatic rings. The summed E-state index contributed by atoms with van der Waals surface area (Å²) in [4.78, 5) is 12.5. The van der Waals surface area contributed by atoms with Crippen LogP contribution in [-0.2, 0) is 6.61 Å². The van der Waals surface area contributed by atoms with Crippen molar-refractivity contribution in [1.29, 1.82) is 0 Å². The molecule has 154 valence electrons. The molecule has 1 N–H and O–H groups in total. The van der Waals surface area contributed by atoms with Gasteiger partial charge in [0, 0.05) is 10.6 Å². The second-order valence-corrected chi connectivity index (χ2v) is 7.67. The van der Waals surface area contributed by atoms with Gasteiger partial charge in [-0.3, -0.25) is 4.79 Å². The Morgan fingerprint density at radius 2 is 1.71 bits per heavy atom. The molecule has 0 fully saturated rings. The molecule has 4 aromatic rings. The zero-order valence-electron chi connectivity index (χ0n) is 16.4. The monoisotopic (exact) mass is 448 g/mol. The molecule has 0 atom stereocenters. The highest BCUT2D eigenvalue weighted by Gasteiger charge is 2.08. The summed E-state index contributed by atoms with van der Waals surface area (Å²) in [6.45, 7) is 0.380. The van der Waals surface area contributed by atoms with Gasteiger partial charge in [0.2, 0.25) is 0 Å². The lowest BCUT2D eigenvalue weighted by Gasteiger charge is -2.09. The Morgan fingerprint density at radius 3 is 2.52 bits per heavy atom. The van der Waals surface area contributed by atoms with E-state index in [2.05, 4.69) is 10.5 Å². The first kappa shape index (κ1) is 20.9. The summed E-state index contributed by atoms with van der Waals surface area (Å²) >= 11 is 12.2. The smallest absolute Gasteiger partial charge is 0.271 e. The number of rotatable bonds is 6. The van der Waals surface area contributed by atoms with E-state index in [-0.39, 0.29) is 5.91 Å². The lowest BCUT2D eigenvalue weighted by atomic mass is 10.0. The molecule has 0 spiro atoms. The Hall–Kier alpha value is -3.34. The van der Waals surface area contributed by atoms with E-state index in [1.807, 2.05) is 66.7 Å². The van der Waals surface area contributed by atoms with Crippen molar-refractivity contribution in [2.24, 2.45) is 5.10 Å². The van der Waals surface area contributed by atoms with Crippen LogP contribution >= 0.6 is 23.2 Å². The predicted octanol–water partition coefficient (Wildman–Crippen LogP) is 6.49. The van der Waals surface area contributed by atoms with Gasteiger partial charge in [0.15, 0.2) is 0 Å². The number of fused-ring (bicyclic) bond motifs is 1. The molecule has 6 heteroatoms. The molecule has 31 heavy (non-hydrogen) atoms. The molecule has 0 radical (unpaired) electrons. The van der Waals surface area contributed by atoms with Crippen LogP contribution in [0.15, 0.2) is 90.0 Å². The second kappa shape index (κ2) is 9.65. The normalized spacial score (nSPS) is 11.0. The largest absolute Gasteiger partial charge is 0.487 e. The Balaban J connectivity index is 1.39. The number of halogens is 2. The average molecular weight is 449 g/mol. The zero-order valence-corrected chi connectivity index (χ0v) is 17.9. The van der Waals surface area contributed by atoms with E-state index in [1.165, 1.54) is 6.21 Å². The van der Waals surface area contributed by atoms with Crippen LogP contribution in [0.25, 0.3) is 10.8 Å². The quantitative estimate of drug-likeness (QED) is 0.270. The zero-order chi connectivity index (χ0) is 21.6. The minimum absolute atomic E-state index is 0.276. The van der Waals surface area contributed by atoms with Gasteiger partial charge in [0.1, 0.15) is 12.4 Å². The van der Waals surface area contributed by atoms with Gasteiger partial charge < -0.3 is 4.74 Å². The van der Waals surface area contributed by atoms with Gasteiger partial charge in [0.05, 0.1) is 11.2 Å². The Morgan fingerprint density at radius 1 is 0.935 bits per heavy atom. The number of benzene rings is 4. The molecule has 0 bridgehead atoms. The van der Waals surface area contributed by atoms with Gasteiger partial charge in [-0.2, -0.15) is 5.10 Å². The van der Waals surface area contributed by atoms with Gasteiger partial charge in [-0.25, -0.2) is 5.43 Å². The average Bonchev–Trinajstić information content (AvgIpc) is 2.79. The van der Waals surface area contributed by atoms with Crippen molar-refractivity contribution in [3.05, 3.63) is 112 Å². The minimum atomic E-state index is -0.276. The number of carbonyl (C=O) groups is 1. The number of hydrogen-bond donors (Lipinski definition) is 1. The molecule has 0 aliphatic heterocycles. The Kier molecular flexibility index (Phi) is 6.51. The second-order valence-electron chi connectivity index (χ2n) is 6.83. The van der Waals surface area contributed by atoms with E-state index in [9.17, 15) is 4.79 Å². The van der Waals surface area contributed by atoms with Crippen LogP contribution in [0.1, 0.15) is 21.5 Å². The Bertz CT molecular complexity index is 1250. The summed E-state index contributed by atoms with van der Waals surface area (Å²) < 4.78 is 5.77. The van der Waals surface area contributed by atoms with Gasteiger partial charge in [-0.1, -0.05) is 71.7 Å². The molecule has 0 saturated heterocycles. The van der Waals surface area contributed by atoms with Crippen LogP contribution in [0.5, 0.6) is 5.75 Å². The number of amides is 1. The van der Waals surface area contributed by atoms with Gasteiger partial charge >= 0.3 is 0 Å². The van der Waals surface area contributed by atoms with E-state index >= 15 is 0 Å². The molecule has 4 aromatic carbocycles. The van der Waals surface area contributed by atoms with Crippen LogP contribution in [0.3, 0.4) is 0 Å². The lowest BCUT2D eigenvalue weighted by Crippen LogP contribution is -2.17. The first-order valence-electron chi connectivity index (χ1n) is 9.58. The summed E-state index contributed by atoms with van der Waals surface area (Å²) in [6.07, 6.45) is 1.54. The lowest BCUT2D eigenvalue weighted by molar-refractivity contribution is 0.0957. The molecule has 0 unspecified atom stereocenters. The summed E-state index contributed by atoms with van der Waals surface area (Å²) in [6, 6.07) is 26.1. The minimum Gasteiger partial charge on any atom is -0.487 e. The molecular weight excluding hydrogens is 431 g/mol. The number of hydrazone groups is 1. The number of nitrogens with zero attached hydrogens (tertiary/aromatic N) is 1. The molecule has 0 heterocycles. The van der Waals surface area contributed by atoms with Crippen LogP contribution in [-0.4, -0.2) is 12.1 Å². The van der Waals surface area contributed by atoms with E-state index in [4.69, 9.17) is 27.9 Å². The highest BCUT2D eigenvalue weighted by atomic mass is 35.5. The number of carbonyl (C=O) groups excluding carboxylic acids is 1. The fraction of sp³-hybridized carbons (Fsp3) is 0.0400. The highest BCUT2D eigenvalue weighted by Crippen LogP contribution is 2.26. The van der Waals surface area contributed by atoms with Crippen LogP contribution in [0.2, 0.25) is 10.0 Å². The number of nitrogens with one attached hydrogen (secondary N) is 1. The van der Waals surface area contributed by atoms with Crippen LogP contribution in [0, 0.1) is 0 Å². The molecule has 1 amide bonds. The van der Waals surface area contributed by atoms with E-state index < -0.39 is 0 Å². The first-order valence-corrected chi connectivity index (χ1v) is 10.3. The molecular formula is C25H18Cl2N2O2. The van der Waals surface area contributed by atoms with Gasteiger partial charge in [-0.05, 0) is 58.3 Å². The standard InChI is InChI=1S/C25H18Cl2N2O2/c26-20-11-8-17(9-12-20)16-31-24-13-10-18(14-23(24)27)15-28-29-25(30)22-7-3-5-19-4-1-2-6-21(19)22/h1-15H,16H2,(H,29,30)/b28-15-. The third-order valence-electron chi connectivity index (χ3n) is 4.68. The van der Waals surface area contributed by atoms with Gasteiger partial charge in [-0.15, -0.1) is 0 Å². The van der Waals surface area contributed by atoms with Crippen molar-refractivity contribution in [3.8, 4) is 5.75 Å². The van der Waals surface area contributed by atoms with E-state index in [0.29, 0.717) is 28.0 Å². The van der Waals surface area contributed by atoms with Crippen LogP contribution in [0.4, 0.5) is 0 Å². The molecule has 0 aliphatic carbocycles. The van der Waals surface area contributed by atoms with E-state index in [1.54, 1.807) is 18.2 Å². The fourth-order valence-electron chi connectivity index (χ4n) is 3.11. The summed E-state index contributed by atoms with van der Waals surface area (Å²) in [7, 11) is 0. The predicted molar refractivity (Wildman–Crippen MR) is 126 cm³/mol. The maximum absolute atomic E-state index is 12.5. The van der Waals surface area contributed by atoms with Crippen molar-refractivity contribution in [2.45, 2.75) is 6.61 Å². The van der Waals surface area contributed by atoms with Crippen molar-refractivity contribution >= 4 is 46.1 Å². The molecule has 4 rings (SSSR count). The molecule has 0 saturated carbocycles. The highest BCUT2D eigenvalue weighted by molar-refractivity contribution is 6.32. The van der Waals surface area contributed by atoms with Crippen molar-refractivity contribution in [1.82, 2.24) is 5.43 Å². The van der Waals surface area contributed by atoms with Crippen LogP contribution < -0.4 is 10.2 Å². The topological polar surface area (TPSA) is 50.7 Å². The first-order chi connectivity index (χ1) is 15.1. The molecule has 0 aromatic heterocycles. The van der Waals surface area contributed by atoms with Crippen molar-refractivity contribution in [2.75, 3.05) is 0 Å². The Labute approximate surface area is 190 Å². The van der Waals surface area contributed by atoms with Crippen molar-refractivity contribution in [3.63, 3.8) is 0 Å². The number of hydrogen-bond acceptors (Lipinski definition) is 3. The maximum atomic E-state index is 12.5. The fourth-order valence-corrected chi connectivity index (χ4v) is 3.47.